The van der Waals surface area contributed by atoms with Crippen LogP contribution in [0.5, 0.6) is 0 Å². The topological polar surface area (TPSA) is 64.0 Å². The average Bonchev–Trinajstić information content (AvgIpc) is 2.74. The SMILES string of the molecule is CCCS(=O)(=O)Nc1cccc(Cn2ccnc2C)c1. The zero-order chi connectivity index (χ0) is 14.6. The Labute approximate surface area is 119 Å². The Morgan fingerprint density at radius 3 is 2.80 bits per heavy atom. The number of benzene rings is 1. The van der Waals surface area contributed by atoms with Gasteiger partial charge in [-0.1, -0.05) is 19.1 Å². The molecule has 0 saturated carbocycles. The van der Waals surface area contributed by atoms with Gasteiger partial charge in [0.15, 0.2) is 0 Å². The lowest BCUT2D eigenvalue weighted by atomic mass is 10.2. The third-order valence-electron chi connectivity index (χ3n) is 2.95. The van der Waals surface area contributed by atoms with Crippen molar-refractivity contribution in [3.8, 4) is 0 Å². The molecule has 1 N–H and O–H groups in total. The van der Waals surface area contributed by atoms with Crippen LogP contribution < -0.4 is 4.72 Å². The molecule has 0 bridgehead atoms. The third-order valence-corrected chi connectivity index (χ3v) is 4.44. The monoisotopic (exact) mass is 293 g/mol. The number of hydrogen-bond donors (Lipinski definition) is 1. The molecular formula is C14H19N3O2S. The molecule has 0 atom stereocenters. The van der Waals surface area contributed by atoms with E-state index in [9.17, 15) is 8.42 Å². The van der Waals surface area contributed by atoms with Crippen LogP contribution in [0.2, 0.25) is 0 Å². The fraction of sp³-hybridized carbons (Fsp3) is 0.357. The second kappa shape index (κ2) is 6.09. The number of rotatable bonds is 6. The van der Waals surface area contributed by atoms with Gasteiger partial charge in [0.2, 0.25) is 10.0 Å². The van der Waals surface area contributed by atoms with Crippen LogP contribution in [0.1, 0.15) is 24.7 Å². The largest absolute Gasteiger partial charge is 0.331 e. The van der Waals surface area contributed by atoms with Gasteiger partial charge in [-0.2, -0.15) is 0 Å². The van der Waals surface area contributed by atoms with Crippen molar-refractivity contribution in [1.82, 2.24) is 9.55 Å². The Bertz CT molecular complexity index is 677. The maximum atomic E-state index is 11.8. The van der Waals surface area contributed by atoms with Crippen LogP contribution in [0, 0.1) is 6.92 Å². The Morgan fingerprint density at radius 1 is 1.35 bits per heavy atom. The van der Waals surface area contributed by atoms with Gasteiger partial charge in [-0.25, -0.2) is 13.4 Å². The van der Waals surface area contributed by atoms with Crippen LogP contribution in [0.3, 0.4) is 0 Å². The van der Waals surface area contributed by atoms with E-state index in [2.05, 4.69) is 9.71 Å². The molecule has 0 aliphatic carbocycles. The second-order valence-corrected chi connectivity index (χ2v) is 6.57. The van der Waals surface area contributed by atoms with Gasteiger partial charge >= 0.3 is 0 Å². The van der Waals surface area contributed by atoms with Crippen molar-refractivity contribution in [3.63, 3.8) is 0 Å². The molecule has 6 heteroatoms. The van der Waals surface area contributed by atoms with Gasteiger partial charge in [0.25, 0.3) is 0 Å². The smallest absolute Gasteiger partial charge is 0.232 e. The van der Waals surface area contributed by atoms with Crippen molar-refractivity contribution in [2.24, 2.45) is 0 Å². The summed E-state index contributed by atoms with van der Waals surface area (Å²) in [5.41, 5.74) is 1.64. The number of nitrogens with zero attached hydrogens (tertiary/aromatic N) is 2. The average molecular weight is 293 g/mol. The number of nitrogens with one attached hydrogen (secondary N) is 1. The maximum absolute atomic E-state index is 11.8. The standard InChI is InChI=1S/C14H19N3O2S/c1-3-9-20(18,19)16-14-6-4-5-13(10-14)11-17-8-7-15-12(17)2/h4-8,10,16H,3,9,11H2,1-2H3. The summed E-state index contributed by atoms with van der Waals surface area (Å²) < 4.78 is 28.1. The molecule has 20 heavy (non-hydrogen) atoms. The van der Waals surface area contributed by atoms with Crippen molar-refractivity contribution in [3.05, 3.63) is 48.0 Å². The highest BCUT2D eigenvalue weighted by Gasteiger charge is 2.09. The molecule has 1 heterocycles. The first kappa shape index (κ1) is 14.6. The molecule has 0 fully saturated rings. The number of anilines is 1. The Balaban J connectivity index is 2.14. The number of sulfonamides is 1. The lowest BCUT2D eigenvalue weighted by Crippen LogP contribution is -2.16. The number of aryl methyl sites for hydroxylation is 1. The quantitative estimate of drug-likeness (QED) is 0.889. The van der Waals surface area contributed by atoms with Gasteiger partial charge in [0.05, 0.1) is 5.75 Å². The molecule has 2 rings (SSSR count). The lowest BCUT2D eigenvalue weighted by Gasteiger charge is -2.10. The third kappa shape index (κ3) is 3.84. The van der Waals surface area contributed by atoms with Gasteiger partial charge in [-0.3, -0.25) is 4.72 Å². The molecule has 0 aliphatic heterocycles. The first-order valence-electron chi connectivity index (χ1n) is 6.57. The van der Waals surface area contributed by atoms with E-state index >= 15 is 0 Å². The van der Waals surface area contributed by atoms with E-state index in [-0.39, 0.29) is 5.75 Å². The highest BCUT2D eigenvalue weighted by atomic mass is 32.2. The predicted octanol–water partition coefficient (Wildman–Crippen LogP) is 2.39. The van der Waals surface area contributed by atoms with Gasteiger partial charge in [-0.05, 0) is 31.0 Å². The van der Waals surface area contributed by atoms with Crippen molar-refractivity contribution < 1.29 is 8.42 Å². The highest BCUT2D eigenvalue weighted by molar-refractivity contribution is 7.92. The first-order chi connectivity index (χ1) is 9.50. The van der Waals surface area contributed by atoms with E-state index in [1.807, 2.05) is 42.8 Å². The van der Waals surface area contributed by atoms with Gasteiger partial charge in [0, 0.05) is 24.6 Å². The van der Waals surface area contributed by atoms with E-state index in [0.717, 1.165) is 11.4 Å². The first-order valence-corrected chi connectivity index (χ1v) is 8.22. The lowest BCUT2D eigenvalue weighted by molar-refractivity contribution is 0.600. The molecule has 5 nitrogen and oxygen atoms in total. The molecule has 1 aromatic carbocycles. The minimum atomic E-state index is -3.24. The summed E-state index contributed by atoms with van der Waals surface area (Å²) in [7, 11) is -3.24. The van der Waals surface area contributed by atoms with E-state index in [1.165, 1.54) is 0 Å². The normalized spacial score (nSPS) is 11.5. The molecule has 1 aromatic heterocycles. The zero-order valence-electron chi connectivity index (χ0n) is 11.7. The number of hydrogen-bond acceptors (Lipinski definition) is 3. The van der Waals surface area contributed by atoms with E-state index in [0.29, 0.717) is 18.7 Å². The molecule has 0 saturated heterocycles. The van der Waals surface area contributed by atoms with E-state index < -0.39 is 10.0 Å². The summed E-state index contributed by atoms with van der Waals surface area (Å²) in [5, 5.41) is 0. The van der Waals surface area contributed by atoms with Crippen molar-refractivity contribution in [2.75, 3.05) is 10.5 Å². The minimum absolute atomic E-state index is 0.137. The fourth-order valence-electron chi connectivity index (χ4n) is 2.00. The fourth-order valence-corrected chi connectivity index (χ4v) is 3.13. The summed E-state index contributed by atoms with van der Waals surface area (Å²) in [4.78, 5) is 4.17. The molecule has 0 radical (unpaired) electrons. The van der Waals surface area contributed by atoms with Gasteiger partial charge in [-0.15, -0.1) is 0 Å². The highest BCUT2D eigenvalue weighted by Crippen LogP contribution is 2.14. The van der Waals surface area contributed by atoms with Crippen molar-refractivity contribution in [2.45, 2.75) is 26.8 Å². The van der Waals surface area contributed by atoms with Crippen LogP contribution in [0.4, 0.5) is 5.69 Å². The van der Waals surface area contributed by atoms with Crippen LogP contribution in [-0.4, -0.2) is 23.7 Å². The summed E-state index contributed by atoms with van der Waals surface area (Å²) in [6.07, 6.45) is 4.26. The summed E-state index contributed by atoms with van der Waals surface area (Å²) in [5.74, 6) is 1.07. The molecule has 0 aliphatic rings. The molecule has 2 aromatic rings. The van der Waals surface area contributed by atoms with Crippen LogP contribution in [0.25, 0.3) is 0 Å². The van der Waals surface area contributed by atoms with Crippen molar-refractivity contribution >= 4 is 15.7 Å². The number of aromatic nitrogens is 2. The Kier molecular flexibility index (Phi) is 4.44. The summed E-state index contributed by atoms with van der Waals surface area (Å²) in [6.45, 7) is 4.46. The molecule has 0 unspecified atom stereocenters. The minimum Gasteiger partial charge on any atom is -0.331 e. The molecule has 0 spiro atoms. The Hall–Kier alpha value is -1.82. The van der Waals surface area contributed by atoms with E-state index in [4.69, 9.17) is 0 Å². The molecule has 0 amide bonds. The van der Waals surface area contributed by atoms with Crippen molar-refractivity contribution in [1.29, 1.82) is 0 Å². The maximum Gasteiger partial charge on any atom is 0.232 e. The van der Waals surface area contributed by atoms with Gasteiger partial charge in [0.1, 0.15) is 5.82 Å². The Morgan fingerprint density at radius 2 is 2.15 bits per heavy atom. The zero-order valence-corrected chi connectivity index (χ0v) is 12.5. The van der Waals surface area contributed by atoms with Gasteiger partial charge < -0.3 is 4.57 Å². The van der Waals surface area contributed by atoms with Crippen LogP contribution in [0.15, 0.2) is 36.7 Å². The summed E-state index contributed by atoms with van der Waals surface area (Å²) in [6, 6.07) is 7.44. The number of imidazole rings is 1. The van der Waals surface area contributed by atoms with Crippen LogP contribution in [-0.2, 0) is 16.6 Å². The molecule has 108 valence electrons. The second-order valence-electron chi connectivity index (χ2n) is 4.72. The van der Waals surface area contributed by atoms with E-state index in [1.54, 1.807) is 12.3 Å². The van der Waals surface area contributed by atoms with Crippen LogP contribution >= 0.6 is 0 Å². The summed E-state index contributed by atoms with van der Waals surface area (Å²) >= 11 is 0. The predicted molar refractivity (Wildman–Crippen MR) is 80.2 cm³/mol. The molecular weight excluding hydrogens is 274 g/mol.